The zero-order chi connectivity index (χ0) is 103. The number of aliphatic carboxylic acids is 2. The molecule has 9 atom stereocenters. The number of carboxylic acid groups (broad SMARTS) is 4. The van der Waals surface area contributed by atoms with Gasteiger partial charge in [0.05, 0.1) is 45.3 Å². The standard InChI is InChI=1S/C116H108O29/c1-9-100(117)138-64-80(142-111(132)92-35-19-18-34-91(92)108(126)127)62-134-76-50-42-73(43-51-76)116(98-38-26-22-30-86(98)87-31-23-27-39-99(87)116)75-48-56-79(57-49-75)137-67-83(69-141-103(120)12-4)145-114(14-6,15-7)106(123)89-58-40-70(60-94(89)109(128)129)104(121)71-41-59-93(95(61-71)110(130)131)112(133)143-81(65-139-101(118)10-2)63-135-77-52-44-72(45-53-77)115(96-36-24-20-28-84(96)85-29-21-25-37-97(85)115)74-46-54-78(55-47-74)136-66-82(68-140-102(119)11-3)144-113(8,13-5)105(122)88-32-16-17-33-90(88)107(124)125/h9-12,16-31,36-61,80-83,88,90-92H,1-4,13-15,32-35,62-69H2,5-8H3,(H,124,125)(H,126,127)(H,128,129)(H,130,131). The van der Waals surface area contributed by atoms with Crippen molar-refractivity contribution < 1.29 is 140 Å². The molecule has 145 heavy (non-hydrogen) atoms. The molecule has 4 N–H and O–H groups in total. The second-order valence-corrected chi connectivity index (χ2v) is 35.4. The molecule has 0 aliphatic heterocycles. The van der Waals surface area contributed by atoms with Gasteiger partial charge in [-0.25, -0.2) is 33.6 Å². The summed E-state index contributed by atoms with van der Waals surface area (Å²) in [6.07, 6.45) is 6.69. The van der Waals surface area contributed by atoms with Crippen molar-refractivity contribution in [2.45, 2.75) is 119 Å². The average molecular weight is 1970 g/mol. The molecule has 0 amide bonds. The summed E-state index contributed by atoms with van der Waals surface area (Å²) in [7, 11) is 0. The molecule has 4 aliphatic rings. The van der Waals surface area contributed by atoms with Crippen LogP contribution < -0.4 is 18.9 Å². The number of carboxylic acids is 4. The van der Waals surface area contributed by atoms with Crippen molar-refractivity contribution in [3.8, 4) is 45.3 Å². The van der Waals surface area contributed by atoms with Gasteiger partial charge < -0.3 is 77.3 Å². The van der Waals surface area contributed by atoms with Crippen molar-refractivity contribution in [1.82, 2.24) is 0 Å². The number of carbonyl (C=O) groups excluding carboxylic acids is 9. The van der Waals surface area contributed by atoms with Crippen molar-refractivity contribution in [3.63, 3.8) is 0 Å². The molecular weight excluding hydrogens is 1860 g/mol. The van der Waals surface area contributed by atoms with Gasteiger partial charge in [0.25, 0.3) is 0 Å². The van der Waals surface area contributed by atoms with E-state index in [1.165, 1.54) is 6.07 Å². The fourth-order valence-electron chi connectivity index (χ4n) is 19.3. The Bertz CT molecular complexity index is 6590. The number of ether oxygens (including phenoxy) is 12. The number of aromatic carboxylic acids is 2. The summed E-state index contributed by atoms with van der Waals surface area (Å²) in [5.74, 6) is -15.4. The Balaban J connectivity index is 0.661. The van der Waals surface area contributed by atoms with Crippen LogP contribution in [0.5, 0.6) is 23.0 Å². The van der Waals surface area contributed by atoms with Gasteiger partial charge >= 0.3 is 59.7 Å². The molecule has 0 saturated carbocycles. The first-order chi connectivity index (χ1) is 69.9. The average Bonchev–Trinajstić information content (AvgIpc) is 1.54. The number of ketones is 3. The van der Waals surface area contributed by atoms with Gasteiger partial charge in [-0.3, -0.25) is 28.8 Å². The van der Waals surface area contributed by atoms with Crippen LogP contribution in [0.1, 0.15) is 175 Å². The van der Waals surface area contributed by atoms with E-state index in [0.717, 1.165) is 121 Å². The van der Waals surface area contributed by atoms with Crippen LogP contribution in [-0.2, 0) is 87.1 Å². The first-order valence-electron chi connectivity index (χ1n) is 47.3. The van der Waals surface area contributed by atoms with Crippen LogP contribution in [0.3, 0.4) is 0 Å². The van der Waals surface area contributed by atoms with E-state index < -0.39 is 190 Å². The third-order valence-electron chi connectivity index (χ3n) is 26.9. The summed E-state index contributed by atoms with van der Waals surface area (Å²) in [5, 5.41) is 41.6. The normalized spacial score (nSPS) is 16.6. The number of fused-ring (bicyclic) bond motifs is 6. The third-order valence-corrected chi connectivity index (χ3v) is 26.9. The Hall–Kier alpha value is -16.5. The van der Waals surface area contributed by atoms with Crippen LogP contribution in [0, 0.1) is 23.7 Å². The summed E-state index contributed by atoms with van der Waals surface area (Å²) < 4.78 is 71.8. The van der Waals surface area contributed by atoms with Crippen LogP contribution in [-0.4, -0.2) is 186 Å². The Kier molecular flexibility index (Phi) is 33.4. The molecule has 4 aliphatic carbocycles. The highest BCUT2D eigenvalue weighted by atomic mass is 16.6. The van der Waals surface area contributed by atoms with Crippen molar-refractivity contribution >= 4 is 77.0 Å². The number of Topliss-reactive ketones (excluding diaryl/α,β-unsaturated/α-hetero) is 2. The molecule has 746 valence electrons. The minimum absolute atomic E-state index is 0.0735. The first kappa shape index (κ1) is 104. The number of rotatable bonds is 49. The Morgan fingerprint density at radius 2 is 0.662 bits per heavy atom. The Morgan fingerprint density at radius 3 is 1.01 bits per heavy atom. The molecule has 0 radical (unpaired) electrons. The quantitative estimate of drug-likeness (QED) is 0.00904. The lowest BCUT2D eigenvalue weighted by atomic mass is 9.68. The Labute approximate surface area is 836 Å². The van der Waals surface area contributed by atoms with E-state index in [0.29, 0.717) is 17.2 Å². The van der Waals surface area contributed by atoms with Crippen molar-refractivity contribution in [2.24, 2.45) is 23.7 Å². The molecule has 10 aromatic rings. The van der Waals surface area contributed by atoms with E-state index in [1.807, 2.05) is 146 Å². The molecule has 10 aromatic carbocycles. The summed E-state index contributed by atoms with van der Waals surface area (Å²) in [6.45, 7) is 17.5. The number of hydrogen-bond acceptors (Lipinski definition) is 25. The minimum Gasteiger partial charge on any atom is -0.491 e. The molecule has 9 unspecified atom stereocenters. The van der Waals surface area contributed by atoms with Gasteiger partial charge in [-0.1, -0.05) is 229 Å². The molecule has 29 heteroatoms. The molecule has 29 nitrogen and oxygen atoms in total. The molecule has 0 aromatic heterocycles. The van der Waals surface area contributed by atoms with Crippen LogP contribution >= 0.6 is 0 Å². The predicted octanol–water partition coefficient (Wildman–Crippen LogP) is 17.9. The summed E-state index contributed by atoms with van der Waals surface area (Å²) in [6, 6.07) is 67.4. The largest absolute Gasteiger partial charge is 0.491 e. The summed E-state index contributed by atoms with van der Waals surface area (Å²) in [5.41, 5.74) is 2.66. The van der Waals surface area contributed by atoms with Gasteiger partial charge in [-0.05, 0) is 191 Å². The zero-order valence-electron chi connectivity index (χ0n) is 80.1. The molecule has 0 fully saturated rings. The topological polar surface area (TPSA) is 414 Å². The fraction of sp³-hybridized carbons (Fsp3) is 0.267. The molecule has 0 spiro atoms. The molecular formula is C116H108O29. The van der Waals surface area contributed by atoms with Crippen molar-refractivity contribution in [2.75, 3.05) is 52.9 Å². The van der Waals surface area contributed by atoms with Gasteiger partial charge in [0.2, 0.25) is 0 Å². The third kappa shape index (κ3) is 22.5. The number of hydrogen-bond donors (Lipinski definition) is 4. The van der Waals surface area contributed by atoms with E-state index >= 15 is 4.79 Å². The molecule has 0 heterocycles. The maximum absolute atomic E-state index is 15.3. The minimum atomic E-state index is -1.85. The zero-order valence-corrected chi connectivity index (χ0v) is 80.1. The summed E-state index contributed by atoms with van der Waals surface area (Å²) in [4.78, 5) is 173. The van der Waals surface area contributed by atoms with Crippen LogP contribution in [0.15, 0.2) is 305 Å². The SMILES string of the molecule is C=CC(=O)OCC(COc1ccc(C2(c3ccc(OCC(COC(=O)C=C)OC(C)(CC)C(=O)C4CC=CCC4C(=O)O)cc3)c3ccccc3-c3ccccc32)cc1)OC(=O)c1ccc(C(=O)c2ccc(C(=O)C(CC)(CC)OC(COC(=O)C=C)COc3ccc(C4(c5ccc(OCC(COC(=O)C=C)OC(=O)C6CC=CCC6C(=O)O)cc5)c5ccccc5-c5ccccc54)cc3)c(C(=O)O)c2)cc1C(=O)O. The van der Waals surface area contributed by atoms with E-state index in [-0.39, 0.29) is 93.8 Å². The van der Waals surface area contributed by atoms with Crippen molar-refractivity contribution in [1.29, 1.82) is 0 Å². The van der Waals surface area contributed by atoms with Gasteiger partial charge in [-0.2, -0.15) is 0 Å². The number of benzene rings is 10. The van der Waals surface area contributed by atoms with Gasteiger partial charge in [-0.15, -0.1) is 0 Å². The first-order valence-corrected chi connectivity index (χ1v) is 47.3. The summed E-state index contributed by atoms with van der Waals surface area (Å²) >= 11 is 0. The van der Waals surface area contributed by atoms with Gasteiger partial charge in [0.15, 0.2) is 29.6 Å². The lowest BCUT2D eigenvalue weighted by Gasteiger charge is -2.36. The van der Waals surface area contributed by atoms with E-state index in [1.54, 1.807) is 101 Å². The van der Waals surface area contributed by atoms with Crippen molar-refractivity contribution in [3.05, 3.63) is 383 Å². The fourth-order valence-corrected chi connectivity index (χ4v) is 19.3. The van der Waals surface area contributed by atoms with Gasteiger partial charge in [0.1, 0.15) is 99.3 Å². The van der Waals surface area contributed by atoms with Crippen LogP contribution in [0.4, 0.5) is 0 Å². The smallest absolute Gasteiger partial charge is 0.339 e. The molecule has 0 saturated heterocycles. The van der Waals surface area contributed by atoms with E-state index in [2.05, 4.69) is 26.3 Å². The molecule has 0 bridgehead atoms. The predicted molar refractivity (Wildman–Crippen MR) is 530 cm³/mol. The maximum Gasteiger partial charge on any atom is 0.339 e. The lowest BCUT2D eigenvalue weighted by Crippen LogP contribution is -2.49. The maximum atomic E-state index is 15.3. The number of allylic oxidation sites excluding steroid dienone is 4. The van der Waals surface area contributed by atoms with Crippen LogP contribution in [0.2, 0.25) is 0 Å². The number of esters is 6. The monoisotopic (exact) mass is 1960 g/mol. The van der Waals surface area contributed by atoms with Crippen LogP contribution in [0.25, 0.3) is 22.3 Å². The van der Waals surface area contributed by atoms with E-state index in [4.69, 9.17) is 56.8 Å². The highest BCUT2D eigenvalue weighted by Crippen LogP contribution is 2.58. The Morgan fingerprint density at radius 1 is 0.352 bits per heavy atom. The van der Waals surface area contributed by atoms with Gasteiger partial charge in [0, 0.05) is 46.9 Å². The number of carbonyl (C=O) groups is 13. The highest BCUT2D eigenvalue weighted by molar-refractivity contribution is 6.15. The lowest BCUT2D eigenvalue weighted by molar-refractivity contribution is -0.170. The second-order valence-electron chi connectivity index (χ2n) is 35.4. The second kappa shape index (κ2) is 46.5. The molecule has 14 rings (SSSR count). The van der Waals surface area contributed by atoms with E-state index in [9.17, 15) is 78.0 Å². The highest BCUT2D eigenvalue weighted by Gasteiger charge is 2.51.